The van der Waals surface area contributed by atoms with Crippen molar-refractivity contribution in [3.8, 4) is 0 Å². The lowest BCUT2D eigenvalue weighted by Gasteiger charge is -2.28. The fourth-order valence-corrected chi connectivity index (χ4v) is 1.67. The van der Waals surface area contributed by atoms with Crippen LogP contribution in [0.4, 0.5) is 0 Å². The maximum absolute atomic E-state index is 11.8. The normalized spacial score (nSPS) is 20.0. The quantitative estimate of drug-likeness (QED) is 0.718. The van der Waals surface area contributed by atoms with E-state index in [4.69, 9.17) is 10.5 Å². The van der Waals surface area contributed by atoms with Crippen LogP contribution in [0, 0.1) is 5.41 Å². The maximum atomic E-state index is 11.8. The summed E-state index contributed by atoms with van der Waals surface area (Å²) in [7, 11) is 0. The van der Waals surface area contributed by atoms with Gasteiger partial charge in [-0.05, 0) is 5.41 Å². The molecule has 17 heavy (non-hydrogen) atoms. The van der Waals surface area contributed by atoms with E-state index in [0.29, 0.717) is 6.54 Å². The predicted molar refractivity (Wildman–Crippen MR) is 67.7 cm³/mol. The van der Waals surface area contributed by atoms with Gasteiger partial charge in [0.15, 0.2) is 0 Å². The third-order valence-electron chi connectivity index (χ3n) is 3.05. The van der Waals surface area contributed by atoms with E-state index in [9.17, 15) is 4.79 Å². The molecule has 1 rings (SSSR count). The Labute approximate surface area is 104 Å². The summed E-state index contributed by atoms with van der Waals surface area (Å²) in [6.07, 6.45) is 0. The molecule has 5 nitrogen and oxygen atoms in total. The maximum Gasteiger partial charge on any atom is 0.237 e. The van der Waals surface area contributed by atoms with Gasteiger partial charge in [0, 0.05) is 26.2 Å². The van der Waals surface area contributed by atoms with Crippen molar-refractivity contribution in [1.82, 2.24) is 10.2 Å². The Hall–Kier alpha value is -0.650. The Morgan fingerprint density at radius 2 is 2.00 bits per heavy atom. The van der Waals surface area contributed by atoms with Gasteiger partial charge in [0.2, 0.25) is 5.91 Å². The second-order valence-electron chi connectivity index (χ2n) is 5.59. The summed E-state index contributed by atoms with van der Waals surface area (Å²) in [5.74, 6) is -0.0641. The number of hydrogen-bond donors (Lipinski definition) is 2. The van der Waals surface area contributed by atoms with Crippen LogP contribution in [0.2, 0.25) is 0 Å². The van der Waals surface area contributed by atoms with Crippen molar-refractivity contribution in [3.63, 3.8) is 0 Å². The Kier molecular flexibility index (Phi) is 5.36. The van der Waals surface area contributed by atoms with E-state index in [-0.39, 0.29) is 11.3 Å². The lowest BCUT2D eigenvalue weighted by Crippen LogP contribution is -2.50. The van der Waals surface area contributed by atoms with Crippen molar-refractivity contribution in [2.75, 3.05) is 39.4 Å². The molecule has 100 valence electrons. The van der Waals surface area contributed by atoms with Gasteiger partial charge in [0.1, 0.15) is 0 Å². The largest absolute Gasteiger partial charge is 0.379 e. The van der Waals surface area contributed by atoms with Crippen LogP contribution in [0.1, 0.15) is 20.8 Å². The first-order chi connectivity index (χ1) is 7.91. The summed E-state index contributed by atoms with van der Waals surface area (Å²) in [5, 5.41) is 2.89. The van der Waals surface area contributed by atoms with Crippen LogP contribution in [0.3, 0.4) is 0 Å². The molecule has 1 fully saturated rings. The molecule has 1 aliphatic rings. The summed E-state index contributed by atoms with van der Waals surface area (Å²) >= 11 is 0. The highest BCUT2D eigenvalue weighted by atomic mass is 16.5. The van der Waals surface area contributed by atoms with Crippen LogP contribution in [0.15, 0.2) is 0 Å². The lowest BCUT2D eigenvalue weighted by molar-refractivity contribution is -0.124. The Bertz CT molecular complexity index is 245. The Balaban J connectivity index is 2.19. The third kappa shape index (κ3) is 5.02. The first-order valence-electron chi connectivity index (χ1n) is 6.24. The van der Waals surface area contributed by atoms with Crippen molar-refractivity contribution < 1.29 is 9.53 Å². The van der Waals surface area contributed by atoms with Crippen molar-refractivity contribution in [3.05, 3.63) is 0 Å². The number of rotatable bonds is 4. The molecule has 1 atom stereocenters. The average Bonchev–Trinajstić information content (AvgIpc) is 2.28. The van der Waals surface area contributed by atoms with E-state index in [1.807, 2.05) is 20.8 Å². The first kappa shape index (κ1) is 14.4. The number of carbonyl (C=O) groups is 1. The zero-order valence-corrected chi connectivity index (χ0v) is 11.2. The average molecular weight is 243 g/mol. The topological polar surface area (TPSA) is 67.6 Å². The fourth-order valence-electron chi connectivity index (χ4n) is 1.67. The molecule has 1 heterocycles. The monoisotopic (exact) mass is 243 g/mol. The highest BCUT2D eigenvalue weighted by molar-refractivity contribution is 5.82. The van der Waals surface area contributed by atoms with E-state index >= 15 is 0 Å². The molecule has 5 heteroatoms. The molecule has 0 aromatic carbocycles. The summed E-state index contributed by atoms with van der Waals surface area (Å²) in [6.45, 7) is 10.9. The van der Waals surface area contributed by atoms with E-state index < -0.39 is 6.04 Å². The number of nitrogens with one attached hydrogen (secondary N) is 1. The molecular weight excluding hydrogens is 218 g/mol. The van der Waals surface area contributed by atoms with Gasteiger partial charge in [-0.25, -0.2) is 0 Å². The SMILES string of the molecule is CC(C)(C)[C@@H](N)C(=O)NCCN1CCOCC1. The van der Waals surface area contributed by atoms with Crippen LogP contribution in [-0.4, -0.2) is 56.2 Å². The molecule has 0 bridgehead atoms. The minimum Gasteiger partial charge on any atom is -0.379 e. The van der Waals surface area contributed by atoms with E-state index in [1.165, 1.54) is 0 Å². The number of amides is 1. The van der Waals surface area contributed by atoms with Crippen LogP contribution in [0.5, 0.6) is 0 Å². The molecule has 3 N–H and O–H groups in total. The third-order valence-corrected chi connectivity index (χ3v) is 3.05. The smallest absolute Gasteiger partial charge is 0.237 e. The molecule has 1 saturated heterocycles. The second-order valence-corrected chi connectivity index (χ2v) is 5.59. The molecule has 0 saturated carbocycles. The zero-order chi connectivity index (χ0) is 12.9. The van der Waals surface area contributed by atoms with Crippen LogP contribution in [0.25, 0.3) is 0 Å². The molecule has 1 amide bonds. The fraction of sp³-hybridized carbons (Fsp3) is 0.917. The van der Waals surface area contributed by atoms with Crippen LogP contribution >= 0.6 is 0 Å². The molecule has 1 aliphatic heterocycles. The van der Waals surface area contributed by atoms with Crippen molar-refractivity contribution >= 4 is 5.91 Å². The van der Waals surface area contributed by atoms with Gasteiger partial charge in [0.25, 0.3) is 0 Å². The standard InChI is InChI=1S/C12H25N3O2/c1-12(2,3)10(13)11(16)14-4-5-15-6-8-17-9-7-15/h10H,4-9,13H2,1-3H3,(H,14,16)/t10-/m0/s1. The zero-order valence-electron chi connectivity index (χ0n) is 11.2. The van der Waals surface area contributed by atoms with Crippen LogP contribution in [-0.2, 0) is 9.53 Å². The molecule has 0 unspecified atom stereocenters. The second kappa shape index (κ2) is 6.33. The number of hydrogen-bond acceptors (Lipinski definition) is 4. The molecule has 0 aliphatic carbocycles. The highest BCUT2D eigenvalue weighted by Gasteiger charge is 2.27. The van der Waals surface area contributed by atoms with Gasteiger partial charge < -0.3 is 15.8 Å². The molecular formula is C12H25N3O2. The molecule has 0 aromatic heterocycles. The number of ether oxygens (including phenoxy) is 1. The van der Waals surface area contributed by atoms with Crippen LogP contribution < -0.4 is 11.1 Å². The van der Waals surface area contributed by atoms with Gasteiger partial charge in [-0.2, -0.15) is 0 Å². The number of nitrogens with two attached hydrogens (primary N) is 1. The van der Waals surface area contributed by atoms with Crippen molar-refractivity contribution in [2.24, 2.45) is 11.1 Å². The van der Waals surface area contributed by atoms with E-state index in [1.54, 1.807) is 0 Å². The van der Waals surface area contributed by atoms with E-state index in [2.05, 4.69) is 10.2 Å². The summed E-state index contributed by atoms with van der Waals surface area (Å²) in [5.41, 5.74) is 5.68. The summed E-state index contributed by atoms with van der Waals surface area (Å²) in [4.78, 5) is 14.0. The minimum absolute atomic E-state index is 0.0641. The van der Waals surface area contributed by atoms with Gasteiger partial charge in [0.05, 0.1) is 19.3 Å². The van der Waals surface area contributed by atoms with Crippen molar-refractivity contribution in [2.45, 2.75) is 26.8 Å². The Morgan fingerprint density at radius 1 is 1.41 bits per heavy atom. The number of nitrogens with zero attached hydrogens (tertiary/aromatic N) is 1. The van der Waals surface area contributed by atoms with Gasteiger partial charge in [-0.3, -0.25) is 9.69 Å². The predicted octanol–water partition coefficient (Wildman–Crippen LogP) is -0.192. The number of carbonyl (C=O) groups excluding carboxylic acids is 1. The van der Waals surface area contributed by atoms with Crippen molar-refractivity contribution in [1.29, 1.82) is 0 Å². The highest BCUT2D eigenvalue weighted by Crippen LogP contribution is 2.16. The lowest BCUT2D eigenvalue weighted by atomic mass is 9.87. The molecule has 0 spiro atoms. The van der Waals surface area contributed by atoms with Gasteiger partial charge in [-0.15, -0.1) is 0 Å². The molecule has 0 aromatic rings. The van der Waals surface area contributed by atoms with E-state index in [0.717, 1.165) is 32.8 Å². The van der Waals surface area contributed by atoms with Gasteiger partial charge >= 0.3 is 0 Å². The first-order valence-corrected chi connectivity index (χ1v) is 6.24. The Morgan fingerprint density at radius 3 is 2.53 bits per heavy atom. The summed E-state index contributed by atoms with van der Waals surface area (Å²) < 4.78 is 5.26. The molecule has 0 radical (unpaired) electrons. The summed E-state index contributed by atoms with van der Waals surface area (Å²) in [6, 6.07) is -0.452. The van der Waals surface area contributed by atoms with Gasteiger partial charge in [-0.1, -0.05) is 20.8 Å². The minimum atomic E-state index is -0.452. The number of morpholine rings is 1.